The van der Waals surface area contributed by atoms with E-state index in [1.54, 1.807) is 6.07 Å². The average Bonchev–Trinajstić information content (AvgIpc) is 2.35. The van der Waals surface area contributed by atoms with E-state index in [-0.39, 0.29) is 5.82 Å². The molecule has 106 valence electrons. The van der Waals surface area contributed by atoms with E-state index in [0.717, 1.165) is 37.2 Å². The minimum Gasteiger partial charge on any atom is -0.390 e. The van der Waals surface area contributed by atoms with Crippen molar-refractivity contribution < 1.29 is 9.50 Å². The smallest absolute Gasteiger partial charge is 0.137 e. The van der Waals surface area contributed by atoms with Crippen molar-refractivity contribution in [2.75, 3.05) is 0 Å². The van der Waals surface area contributed by atoms with Crippen LogP contribution in [0.4, 0.5) is 4.39 Å². The molecular formula is C16H22BrFO. The van der Waals surface area contributed by atoms with Crippen molar-refractivity contribution in [3.8, 4) is 0 Å². The first-order chi connectivity index (χ1) is 8.91. The predicted octanol–water partition coefficient (Wildman–Crippen LogP) is 4.71. The molecule has 1 nitrogen and oxygen atoms in total. The fourth-order valence-electron chi connectivity index (χ4n) is 3.06. The van der Waals surface area contributed by atoms with Gasteiger partial charge in [-0.15, -0.1) is 0 Å². The van der Waals surface area contributed by atoms with E-state index in [0.29, 0.717) is 16.8 Å². The molecular weight excluding hydrogens is 307 g/mol. The van der Waals surface area contributed by atoms with Crippen LogP contribution >= 0.6 is 15.9 Å². The number of hydrogen-bond donors (Lipinski definition) is 1. The van der Waals surface area contributed by atoms with E-state index >= 15 is 0 Å². The van der Waals surface area contributed by atoms with Crippen LogP contribution in [0, 0.1) is 17.7 Å². The SMILES string of the molecule is CC(C)C1CCC(O)(Cc2cccc(F)c2Br)CC1. The van der Waals surface area contributed by atoms with E-state index < -0.39 is 5.60 Å². The zero-order chi connectivity index (χ0) is 14.0. The lowest BCUT2D eigenvalue weighted by Crippen LogP contribution is -2.37. The van der Waals surface area contributed by atoms with Gasteiger partial charge in [-0.05, 0) is 65.1 Å². The molecule has 0 atom stereocenters. The molecule has 3 heteroatoms. The molecule has 1 saturated carbocycles. The highest BCUT2D eigenvalue weighted by Crippen LogP contribution is 2.38. The van der Waals surface area contributed by atoms with Gasteiger partial charge in [0.25, 0.3) is 0 Å². The molecule has 1 aliphatic carbocycles. The van der Waals surface area contributed by atoms with Gasteiger partial charge in [-0.25, -0.2) is 4.39 Å². The summed E-state index contributed by atoms with van der Waals surface area (Å²) in [5.74, 6) is 1.15. The van der Waals surface area contributed by atoms with E-state index in [9.17, 15) is 9.50 Å². The number of benzene rings is 1. The van der Waals surface area contributed by atoms with Crippen LogP contribution in [-0.4, -0.2) is 10.7 Å². The first-order valence-electron chi connectivity index (χ1n) is 7.06. The zero-order valence-corrected chi connectivity index (χ0v) is 13.2. The van der Waals surface area contributed by atoms with Crippen LogP contribution < -0.4 is 0 Å². The first kappa shape index (κ1) is 15.0. The highest BCUT2D eigenvalue weighted by atomic mass is 79.9. The lowest BCUT2D eigenvalue weighted by Gasteiger charge is -2.37. The second-order valence-electron chi connectivity index (χ2n) is 6.20. The Labute approximate surface area is 123 Å². The molecule has 1 fully saturated rings. The molecule has 0 aliphatic heterocycles. The number of hydrogen-bond acceptors (Lipinski definition) is 1. The molecule has 0 bridgehead atoms. The van der Waals surface area contributed by atoms with Crippen LogP contribution in [-0.2, 0) is 6.42 Å². The molecule has 0 unspecified atom stereocenters. The Morgan fingerprint density at radius 3 is 2.58 bits per heavy atom. The van der Waals surface area contributed by atoms with Crippen molar-refractivity contribution >= 4 is 15.9 Å². The summed E-state index contributed by atoms with van der Waals surface area (Å²) < 4.78 is 14.0. The van der Waals surface area contributed by atoms with Crippen LogP contribution in [0.5, 0.6) is 0 Å². The quantitative estimate of drug-likeness (QED) is 0.852. The summed E-state index contributed by atoms with van der Waals surface area (Å²) in [5.41, 5.74) is 0.201. The van der Waals surface area contributed by atoms with Crippen molar-refractivity contribution in [1.82, 2.24) is 0 Å². The van der Waals surface area contributed by atoms with Crippen LogP contribution in [0.2, 0.25) is 0 Å². The van der Waals surface area contributed by atoms with Gasteiger partial charge in [0, 0.05) is 6.42 Å². The van der Waals surface area contributed by atoms with Crippen LogP contribution in [0.15, 0.2) is 22.7 Å². The minimum atomic E-state index is -0.665. The molecule has 1 aromatic carbocycles. The standard InChI is InChI=1S/C16H22BrFO/c1-11(2)12-6-8-16(19,9-7-12)10-13-4-3-5-14(18)15(13)17/h3-5,11-12,19H,6-10H2,1-2H3. The summed E-state index contributed by atoms with van der Waals surface area (Å²) >= 11 is 3.28. The molecule has 19 heavy (non-hydrogen) atoms. The van der Waals surface area contributed by atoms with Gasteiger partial charge < -0.3 is 5.11 Å². The molecule has 2 rings (SSSR count). The Bertz CT molecular complexity index is 436. The van der Waals surface area contributed by atoms with Gasteiger partial charge in [0.1, 0.15) is 5.82 Å². The van der Waals surface area contributed by atoms with Crippen LogP contribution in [0.25, 0.3) is 0 Å². The maximum atomic E-state index is 13.5. The number of halogens is 2. The third-order valence-electron chi connectivity index (χ3n) is 4.45. The van der Waals surface area contributed by atoms with E-state index in [1.807, 2.05) is 6.07 Å². The molecule has 0 spiro atoms. The Morgan fingerprint density at radius 1 is 1.37 bits per heavy atom. The third-order valence-corrected chi connectivity index (χ3v) is 5.34. The van der Waals surface area contributed by atoms with Crippen molar-refractivity contribution in [2.45, 2.75) is 51.6 Å². The summed E-state index contributed by atoms with van der Waals surface area (Å²) in [6.07, 6.45) is 4.32. The van der Waals surface area contributed by atoms with Crippen molar-refractivity contribution in [2.24, 2.45) is 11.8 Å². The molecule has 1 N–H and O–H groups in total. The molecule has 0 radical (unpaired) electrons. The maximum Gasteiger partial charge on any atom is 0.137 e. The third kappa shape index (κ3) is 3.57. The Hall–Kier alpha value is -0.410. The summed E-state index contributed by atoms with van der Waals surface area (Å²) in [7, 11) is 0. The maximum absolute atomic E-state index is 13.5. The molecule has 0 saturated heterocycles. The topological polar surface area (TPSA) is 20.2 Å². The second kappa shape index (κ2) is 5.92. The summed E-state index contributed by atoms with van der Waals surface area (Å²) in [4.78, 5) is 0. The van der Waals surface area contributed by atoms with Gasteiger partial charge >= 0.3 is 0 Å². The summed E-state index contributed by atoms with van der Waals surface area (Å²) in [6, 6.07) is 5.03. The molecule has 0 amide bonds. The van der Waals surface area contributed by atoms with Gasteiger partial charge in [0.05, 0.1) is 10.1 Å². The van der Waals surface area contributed by atoms with Gasteiger partial charge in [-0.2, -0.15) is 0 Å². The fourth-order valence-corrected chi connectivity index (χ4v) is 3.46. The second-order valence-corrected chi connectivity index (χ2v) is 6.99. The average molecular weight is 329 g/mol. The van der Waals surface area contributed by atoms with Crippen molar-refractivity contribution in [3.05, 3.63) is 34.1 Å². The number of aliphatic hydroxyl groups is 1. The fraction of sp³-hybridized carbons (Fsp3) is 0.625. The van der Waals surface area contributed by atoms with Crippen molar-refractivity contribution in [3.63, 3.8) is 0 Å². The molecule has 0 aromatic heterocycles. The van der Waals surface area contributed by atoms with Gasteiger partial charge in [0.15, 0.2) is 0 Å². The highest BCUT2D eigenvalue weighted by molar-refractivity contribution is 9.10. The monoisotopic (exact) mass is 328 g/mol. The molecule has 1 aromatic rings. The Kier molecular flexibility index (Phi) is 4.67. The predicted molar refractivity (Wildman–Crippen MR) is 79.5 cm³/mol. The first-order valence-corrected chi connectivity index (χ1v) is 7.86. The van der Waals surface area contributed by atoms with E-state index in [4.69, 9.17) is 0 Å². The van der Waals surface area contributed by atoms with E-state index in [1.165, 1.54) is 6.07 Å². The zero-order valence-electron chi connectivity index (χ0n) is 11.6. The Morgan fingerprint density at radius 2 is 2.00 bits per heavy atom. The minimum absolute atomic E-state index is 0.253. The summed E-state index contributed by atoms with van der Waals surface area (Å²) in [6.45, 7) is 4.50. The highest BCUT2D eigenvalue weighted by Gasteiger charge is 2.34. The molecule has 0 heterocycles. The largest absolute Gasteiger partial charge is 0.390 e. The lowest BCUT2D eigenvalue weighted by atomic mass is 9.72. The van der Waals surface area contributed by atoms with E-state index in [2.05, 4.69) is 29.8 Å². The number of rotatable bonds is 3. The van der Waals surface area contributed by atoms with Gasteiger partial charge in [0.2, 0.25) is 0 Å². The van der Waals surface area contributed by atoms with Gasteiger partial charge in [-0.1, -0.05) is 26.0 Å². The van der Waals surface area contributed by atoms with Crippen LogP contribution in [0.1, 0.15) is 45.1 Å². The van der Waals surface area contributed by atoms with Crippen molar-refractivity contribution in [1.29, 1.82) is 0 Å². The Balaban J connectivity index is 2.05. The normalized spacial score (nSPS) is 27.8. The lowest BCUT2D eigenvalue weighted by molar-refractivity contribution is -0.0147. The summed E-state index contributed by atoms with van der Waals surface area (Å²) in [5, 5.41) is 10.7. The van der Waals surface area contributed by atoms with Crippen LogP contribution in [0.3, 0.4) is 0 Å². The molecule has 1 aliphatic rings. The van der Waals surface area contributed by atoms with Gasteiger partial charge in [-0.3, -0.25) is 0 Å².